The van der Waals surface area contributed by atoms with Gasteiger partial charge in [0.15, 0.2) is 0 Å². The van der Waals surface area contributed by atoms with E-state index in [0.29, 0.717) is 0 Å². The SMILES string of the molecule is CCN(CCN1CCOCC1)Cc1sc(C)nc1C. The van der Waals surface area contributed by atoms with E-state index in [4.69, 9.17) is 4.74 Å². The van der Waals surface area contributed by atoms with Crippen LogP contribution in [0.1, 0.15) is 22.5 Å². The Morgan fingerprint density at radius 3 is 2.63 bits per heavy atom. The van der Waals surface area contributed by atoms with E-state index in [1.807, 2.05) is 11.3 Å². The number of ether oxygens (including phenoxy) is 1. The van der Waals surface area contributed by atoms with Crippen LogP contribution in [0.25, 0.3) is 0 Å². The van der Waals surface area contributed by atoms with Gasteiger partial charge < -0.3 is 4.74 Å². The van der Waals surface area contributed by atoms with E-state index in [9.17, 15) is 0 Å². The van der Waals surface area contributed by atoms with Crippen molar-refractivity contribution in [2.45, 2.75) is 27.3 Å². The Bertz CT molecular complexity index is 388. The van der Waals surface area contributed by atoms with Gasteiger partial charge >= 0.3 is 0 Å². The zero-order valence-corrected chi connectivity index (χ0v) is 13.1. The topological polar surface area (TPSA) is 28.6 Å². The van der Waals surface area contributed by atoms with Gasteiger partial charge in [-0.2, -0.15) is 0 Å². The third kappa shape index (κ3) is 4.53. The van der Waals surface area contributed by atoms with E-state index in [1.54, 1.807) is 0 Å². The molecule has 1 aromatic rings. The highest BCUT2D eigenvalue weighted by molar-refractivity contribution is 7.11. The Labute approximate surface area is 120 Å². The Morgan fingerprint density at radius 2 is 2.05 bits per heavy atom. The first kappa shape index (κ1) is 14.9. The highest BCUT2D eigenvalue weighted by atomic mass is 32.1. The van der Waals surface area contributed by atoms with Gasteiger partial charge in [0.1, 0.15) is 0 Å². The van der Waals surface area contributed by atoms with E-state index in [-0.39, 0.29) is 0 Å². The van der Waals surface area contributed by atoms with Gasteiger partial charge in [-0.3, -0.25) is 9.80 Å². The second-order valence-corrected chi connectivity index (χ2v) is 6.35. The average molecular weight is 283 g/mol. The predicted octanol–water partition coefficient (Wildman–Crippen LogP) is 1.91. The average Bonchev–Trinajstić information content (AvgIpc) is 2.74. The number of thiazole rings is 1. The summed E-state index contributed by atoms with van der Waals surface area (Å²) in [5.41, 5.74) is 1.20. The Hall–Kier alpha value is -0.490. The summed E-state index contributed by atoms with van der Waals surface area (Å²) >= 11 is 1.83. The largest absolute Gasteiger partial charge is 0.379 e. The van der Waals surface area contributed by atoms with Crippen molar-refractivity contribution < 1.29 is 4.74 Å². The molecule has 19 heavy (non-hydrogen) atoms. The Kier molecular flexibility index (Phi) is 5.76. The second-order valence-electron chi connectivity index (χ2n) is 5.06. The van der Waals surface area contributed by atoms with Gasteiger partial charge in [0.2, 0.25) is 0 Å². The molecule has 0 bridgehead atoms. The van der Waals surface area contributed by atoms with Gasteiger partial charge in [0, 0.05) is 37.6 Å². The first-order chi connectivity index (χ1) is 9.19. The molecule has 0 atom stereocenters. The van der Waals surface area contributed by atoms with Crippen molar-refractivity contribution in [3.63, 3.8) is 0 Å². The molecule has 0 radical (unpaired) electrons. The van der Waals surface area contributed by atoms with Gasteiger partial charge in [-0.15, -0.1) is 11.3 Å². The fourth-order valence-corrected chi connectivity index (χ4v) is 3.36. The molecule has 0 spiro atoms. The van der Waals surface area contributed by atoms with Crippen LogP contribution in [0.3, 0.4) is 0 Å². The van der Waals surface area contributed by atoms with E-state index in [2.05, 4.69) is 35.6 Å². The molecule has 2 rings (SSSR count). The molecule has 2 heterocycles. The van der Waals surface area contributed by atoms with Gasteiger partial charge in [-0.25, -0.2) is 4.98 Å². The summed E-state index contributed by atoms with van der Waals surface area (Å²) in [5, 5.41) is 1.18. The number of hydrogen-bond acceptors (Lipinski definition) is 5. The normalized spacial score (nSPS) is 17.3. The quantitative estimate of drug-likeness (QED) is 0.797. The van der Waals surface area contributed by atoms with Gasteiger partial charge in [0.05, 0.1) is 23.9 Å². The van der Waals surface area contributed by atoms with E-state index >= 15 is 0 Å². The molecule has 0 aliphatic carbocycles. The molecule has 0 saturated carbocycles. The van der Waals surface area contributed by atoms with E-state index in [1.165, 1.54) is 15.6 Å². The predicted molar refractivity (Wildman–Crippen MR) is 79.8 cm³/mol. The third-order valence-electron chi connectivity index (χ3n) is 3.65. The molecule has 0 unspecified atom stereocenters. The molecule has 0 N–H and O–H groups in total. The lowest BCUT2D eigenvalue weighted by Crippen LogP contribution is -2.41. The lowest BCUT2D eigenvalue weighted by atomic mass is 10.3. The third-order valence-corrected chi connectivity index (χ3v) is 4.71. The maximum atomic E-state index is 5.39. The summed E-state index contributed by atoms with van der Waals surface area (Å²) < 4.78 is 5.39. The Balaban J connectivity index is 1.81. The molecular formula is C14H25N3OS. The van der Waals surface area contributed by atoms with Crippen LogP contribution in [0, 0.1) is 13.8 Å². The van der Waals surface area contributed by atoms with Crippen LogP contribution in [0.2, 0.25) is 0 Å². The molecule has 0 amide bonds. The summed E-state index contributed by atoms with van der Waals surface area (Å²) in [6, 6.07) is 0. The number of aryl methyl sites for hydroxylation is 2. The molecule has 4 nitrogen and oxygen atoms in total. The molecule has 1 aliphatic rings. The molecule has 108 valence electrons. The highest BCUT2D eigenvalue weighted by Crippen LogP contribution is 2.19. The van der Waals surface area contributed by atoms with Crippen molar-refractivity contribution >= 4 is 11.3 Å². The molecule has 1 aliphatic heterocycles. The number of morpholine rings is 1. The van der Waals surface area contributed by atoms with Crippen molar-refractivity contribution in [2.75, 3.05) is 45.9 Å². The minimum atomic E-state index is 0.888. The van der Waals surface area contributed by atoms with Gasteiger partial charge in [-0.05, 0) is 20.4 Å². The monoisotopic (exact) mass is 283 g/mol. The number of rotatable bonds is 6. The molecule has 1 saturated heterocycles. The molecule has 1 aromatic heterocycles. The zero-order valence-electron chi connectivity index (χ0n) is 12.3. The number of aromatic nitrogens is 1. The molecular weight excluding hydrogens is 258 g/mol. The lowest BCUT2D eigenvalue weighted by Gasteiger charge is -2.29. The maximum absolute atomic E-state index is 5.39. The smallest absolute Gasteiger partial charge is 0.0900 e. The lowest BCUT2D eigenvalue weighted by molar-refractivity contribution is 0.0332. The van der Waals surface area contributed by atoms with Gasteiger partial charge in [0.25, 0.3) is 0 Å². The minimum Gasteiger partial charge on any atom is -0.379 e. The first-order valence-electron chi connectivity index (χ1n) is 7.14. The zero-order chi connectivity index (χ0) is 13.7. The van der Waals surface area contributed by atoms with Gasteiger partial charge in [-0.1, -0.05) is 6.92 Å². The minimum absolute atomic E-state index is 0.888. The molecule has 5 heteroatoms. The van der Waals surface area contributed by atoms with Crippen LogP contribution in [0.15, 0.2) is 0 Å². The fourth-order valence-electron chi connectivity index (χ4n) is 2.38. The second kappa shape index (κ2) is 7.33. The Morgan fingerprint density at radius 1 is 1.32 bits per heavy atom. The van der Waals surface area contributed by atoms with Crippen LogP contribution in [-0.2, 0) is 11.3 Å². The van der Waals surface area contributed by atoms with E-state index < -0.39 is 0 Å². The summed E-state index contributed by atoms with van der Waals surface area (Å²) in [4.78, 5) is 10.9. The highest BCUT2D eigenvalue weighted by Gasteiger charge is 2.13. The van der Waals surface area contributed by atoms with Crippen LogP contribution in [0.4, 0.5) is 0 Å². The first-order valence-corrected chi connectivity index (χ1v) is 7.96. The summed E-state index contributed by atoms with van der Waals surface area (Å²) in [6.45, 7) is 14.8. The summed E-state index contributed by atoms with van der Waals surface area (Å²) in [7, 11) is 0. The fraction of sp³-hybridized carbons (Fsp3) is 0.786. The van der Waals surface area contributed by atoms with Crippen molar-refractivity contribution in [3.05, 3.63) is 15.6 Å². The van der Waals surface area contributed by atoms with Crippen LogP contribution in [0.5, 0.6) is 0 Å². The number of likely N-dealkylation sites (N-methyl/N-ethyl adjacent to an activating group) is 1. The number of nitrogens with zero attached hydrogens (tertiary/aromatic N) is 3. The van der Waals surface area contributed by atoms with Crippen molar-refractivity contribution in [3.8, 4) is 0 Å². The van der Waals surface area contributed by atoms with Crippen LogP contribution >= 0.6 is 11.3 Å². The standard InChI is InChI=1S/C14H25N3OS/c1-4-16(5-6-17-7-9-18-10-8-17)11-14-12(2)15-13(3)19-14/h4-11H2,1-3H3. The van der Waals surface area contributed by atoms with Crippen molar-refractivity contribution in [1.29, 1.82) is 0 Å². The maximum Gasteiger partial charge on any atom is 0.0900 e. The van der Waals surface area contributed by atoms with Crippen molar-refractivity contribution in [2.24, 2.45) is 0 Å². The van der Waals surface area contributed by atoms with E-state index in [0.717, 1.165) is 52.5 Å². The molecule has 1 fully saturated rings. The molecule has 0 aromatic carbocycles. The van der Waals surface area contributed by atoms with Crippen molar-refractivity contribution in [1.82, 2.24) is 14.8 Å². The summed E-state index contributed by atoms with van der Waals surface area (Å²) in [5.74, 6) is 0. The summed E-state index contributed by atoms with van der Waals surface area (Å²) in [6.07, 6.45) is 0. The number of hydrogen-bond donors (Lipinski definition) is 0. The van der Waals surface area contributed by atoms with Crippen LogP contribution < -0.4 is 0 Å². The van der Waals surface area contributed by atoms with Crippen LogP contribution in [-0.4, -0.2) is 60.7 Å².